The van der Waals surface area contributed by atoms with Gasteiger partial charge in [-0.3, -0.25) is 9.69 Å². The number of carbonyl (C=O) groups is 1. The van der Waals surface area contributed by atoms with Gasteiger partial charge in [0.25, 0.3) is 0 Å². The minimum Gasteiger partial charge on any atom is -0.355 e. The first-order chi connectivity index (χ1) is 16.3. The maximum absolute atomic E-state index is 13.4. The molecule has 1 saturated heterocycles. The van der Waals surface area contributed by atoms with E-state index < -0.39 is 11.7 Å². The van der Waals surface area contributed by atoms with Gasteiger partial charge in [0, 0.05) is 49.1 Å². The van der Waals surface area contributed by atoms with Gasteiger partial charge in [0.05, 0.1) is 23.5 Å². The van der Waals surface area contributed by atoms with E-state index >= 15 is 0 Å². The van der Waals surface area contributed by atoms with Crippen molar-refractivity contribution in [2.45, 2.75) is 35.7 Å². The fourth-order valence-corrected chi connectivity index (χ4v) is 5.47. The number of hydrogen-bond acceptors (Lipinski definition) is 5. The third-order valence-corrected chi connectivity index (χ3v) is 7.34. The molecule has 0 bridgehead atoms. The normalized spacial score (nSPS) is 16.8. The van der Waals surface area contributed by atoms with Crippen molar-refractivity contribution in [1.82, 2.24) is 15.1 Å². The van der Waals surface area contributed by atoms with Crippen LogP contribution >= 0.6 is 11.8 Å². The fourth-order valence-electron chi connectivity index (χ4n) is 4.39. The molecular formula is C25H31F3N4OS. The monoisotopic (exact) mass is 492 g/mol. The smallest absolute Gasteiger partial charge is 0.355 e. The van der Waals surface area contributed by atoms with Crippen LogP contribution in [0.15, 0.2) is 52.3 Å². The van der Waals surface area contributed by atoms with Crippen LogP contribution in [0.3, 0.4) is 0 Å². The van der Waals surface area contributed by atoms with Crippen LogP contribution in [0.2, 0.25) is 0 Å². The van der Waals surface area contributed by atoms with Crippen molar-refractivity contribution in [3.63, 3.8) is 0 Å². The Hall–Kier alpha value is -2.23. The third kappa shape index (κ3) is 6.06. The molecule has 0 aliphatic carbocycles. The summed E-state index contributed by atoms with van der Waals surface area (Å²) < 4.78 is 40.2. The van der Waals surface area contributed by atoms with Crippen LogP contribution in [0.1, 0.15) is 25.3 Å². The van der Waals surface area contributed by atoms with Gasteiger partial charge in [0.1, 0.15) is 0 Å². The minimum absolute atomic E-state index is 0.0776. The molecule has 0 saturated carbocycles. The summed E-state index contributed by atoms with van der Waals surface area (Å²) in [4.78, 5) is 20.4. The molecular weight excluding hydrogens is 461 g/mol. The van der Waals surface area contributed by atoms with E-state index in [9.17, 15) is 18.0 Å². The highest BCUT2D eigenvalue weighted by Gasteiger charge is 2.33. The summed E-state index contributed by atoms with van der Waals surface area (Å²) in [6, 6.07) is 11.9. The van der Waals surface area contributed by atoms with Crippen LogP contribution in [-0.4, -0.2) is 68.1 Å². The number of hydrogen-bond donors (Lipinski definition) is 1. The molecule has 2 aliphatic rings. The van der Waals surface area contributed by atoms with Gasteiger partial charge in [0.15, 0.2) is 0 Å². The molecule has 0 radical (unpaired) electrons. The first-order valence-electron chi connectivity index (χ1n) is 11.8. The molecule has 1 N–H and O–H groups in total. The lowest BCUT2D eigenvalue weighted by atomic mass is 10.1. The van der Waals surface area contributed by atoms with Gasteiger partial charge in [0.2, 0.25) is 5.91 Å². The van der Waals surface area contributed by atoms with Crippen molar-refractivity contribution in [3.8, 4) is 0 Å². The number of carbonyl (C=O) groups excluding carboxylic acids is 1. The number of benzene rings is 2. The molecule has 2 aliphatic heterocycles. The van der Waals surface area contributed by atoms with Crippen LogP contribution in [0.5, 0.6) is 0 Å². The predicted molar refractivity (Wildman–Crippen MR) is 130 cm³/mol. The van der Waals surface area contributed by atoms with Crippen molar-refractivity contribution in [1.29, 1.82) is 0 Å². The van der Waals surface area contributed by atoms with Gasteiger partial charge >= 0.3 is 6.18 Å². The Morgan fingerprint density at radius 3 is 2.41 bits per heavy atom. The molecule has 34 heavy (non-hydrogen) atoms. The number of amides is 1. The third-order valence-electron chi connectivity index (χ3n) is 6.21. The molecule has 4 rings (SSSR count). The van der Waals surface area contributed by atoms with Crippen LogP contribution in [0.4, 0.5) is 24.5 Å². The van der Waals surface area contributed by atoms with E-state index in [-0.39, 0.29) is 5.91 Å². The first-order valence-corrected chi connectivity index (χ1v) is 12.6. The van der Waals surface area contributed by atoms with Gasteiger partial charge in [-0.25, -0.2) is 0 Å². The van der Waals surface area contributed by atoms with E-state index in [1.54, 1.807) is 6.07 Å². The summed E-state index contributed by atoms with van der Waals surface area (Å²) in [6.07, 6.45) is -2.59. The second kappa shape index (κ2) is 11.0. The Balaban J connectivity index is 1.36. The molecule has 2 aromatic rings. The molecule has 2 aromatic carbocycles. The average Bonchev–Trinajstić information content (AvgIpc) is 2.82. The Labute approximate surface area is 203 Å². The summed E-state index contributed by atoms with van der Waals surface area (Å²) in [5, 5.41) is 2.92. The molecule has 184 valence electrons. The van der Waals surface area contributed by atoms with E-state index in [0.717, 1.165) is 61.0 Å². The van der Waals surface area contributed by atoms with Crippen LogP contribution in [0, 0.1) is 0 Å². The summed E-state index contributed by atoms with van der Waals surface area (Å²) in [7, 11) is 0. The van der Waals surface area contributed by atoms with Crippen molar-refractivity contribution in [3.05, 3.63) is 48.0 Å². The largest absolute Gasteiger partial charge is 0.416 e. The summed E-state index contributed by atoms with van der Waals surface area (Å²) in [5.74, 6) is 0.0776. The molecule has 2 heterocycles. The predicted octanol–water partition coefficient (Wildman–Crippen LogP) is 4.84. The summed E-state index contributed by atoms with van der Waals surface area (Å²) in [5.41, 5.74) is 0.971. The molecule has 0 atom stereocenters. The van der Waals surface area contributed by atoms with E-state index in [1.165, 1.54) is 23.9 Å². The van der Waals surface area contributed by atoms with Gasteiger partial charge < -0.3 is 15.1 Å². The summed E-state index contributed by atoms with van der Waals surface area (Å²) in [6.45, 7) is 8.18. The Morgan fingerprint density at radius 1 is 0.971 bits per heavy atom. The Bertz CT molecular complexity index is 992. The topological polar surface area (TPSA) is 38.8 Å². The van der Waals surface area contributed by atoms with Crippen LogP contribution in [0.25, 0.3) is 0 Å². The lowest BCUT2D eigenvalue weighted by Crippen LogP contribution is -2.49. The number of fused-ring (bicyclic) bond motifs is 2. The van der Waals surface area contributed by atoms with E-state index in [2.05, 4.69) is 15.1 Å². The second-order valence-electron chi connectivity index (χ2n) is 8.72. The highest BCUT2D eigenvalue weighted by atomic mass is 32.2. The number of piperazine rings is 1. The fraction of sp³-hybridized carbons (Fsp3) is 0.480. The molecule has 9 heteroatoms. The Morgan fingerprint density at radius 2 is 1.68 bits per heavy atom. The molecule has 0 spiro atoms. The number of nitrogens with one attached hydrogen (secondary N) is 1. The van der Waals surface area contributed by atoms with Gasteiger partial charge in [-0.1, -0.05) is 30.8 Å². The SMILES string of the molecule is CCCNC(=O)CN1CCN(CCCN2c3ccccc3Sc3ccc(C(F)(F)F)cc32)CC1. The average molecular weight is 493 g/mol. The van der Waals surface area contributed by atoms with Gasteiger partial charge in [-0.05, 0) is 49.7 Å². The number of rotatable bonds is 8. The van der Waals surface area contributed by atoms with Crippen molar-refractivity contribution >= 4 is 29.0 Å². The van der Waals surface area contributed by atoms with Crippen molar-refractivity contribution < 1.29 is 18.0 Å². The lowest BCUT2D eigenvalue weighted by molar-refractivity contribution is -0.137. The maximum atomic E-state index is 13.4. The van der Waals surface area contributed by atoms with Gasteiger partial charge in [-0.2, -0.15) is 13.2 Å². The highest BCUT2D eigenvalue weighted by Crippen LogP contribution is 2.49. The first kappa shape index (κ1) is 24.9. The number of nitrogens with zero attached hydrogens (tertiary/aromatic N) is 3. The van der Waals surface area contributed by atoms with Gasteiger partial charge in [-0.15, -0.1) is 0 Å². The quantitative estimate of drug-likeness (QED) is 0.571. The second-order valence-corrected chi connectivity index (χ2v) is 9.81. The number of anilines is 2. The zero-order chi connectivity index (χ0) is 24.1. The van der Waals surface area contributed by atoms with E-state index in [0.29, 0.717) is 25.3 Å². The maximum Gasteiger partial charge on any atom is 0.416 e. The summed E-state index contributed by atoms with van der Waals surface area (Å²) >= 11 is 1.52. The number of para-hydroxylation sites is 1. The van der Waals surface area contributed by atoms with E-state index in [1.807, 2.05) is 36.1 Å². The minimum atomic E-state index is -4.37. The molecule has 1 fully saturated rings. The standard InChI is InChI=1S/C25H31F3N4OS/c1-2-10-29-24(33)18-31-15-13-30(14-16-31)11-5-12-32-20-6-3-4-7-22(20)34-23-9-8-19(17-21(23)32)25(26,27)28/h3-4,6-9,17H,2,5,10-16,18H2,1H3,(H,29,33). The molecule has 0 aromatic heterocycles. The van der Waals surface area contributed by atoms with Crippen LogP contribution < -0.4 is 10.2 Å². The lowest BCUT2D eigenvalue weighted by Gasteiger charge is -2.36. The molecule has 0 unspecified atom stereocenters. The van der Waals surface area contributed by atoms with Crippen molar-refractivity contribution in [2.75, 3.05) is 57.3 Å². The molecule has 1 amide bonds. The highest BCUT2D eigenvalue weighted by molar-refractivity contribution is 7.99. The Kier molecular flexibility index (Phi) is 8.06. The van der Waals surface area contributed by atoms with Crippen LogP contribution in [-0.2, 0) is 11.0 Å². The number of alkyl halides is 3. The zero-order valence-corrected chi connectivity index (χ0v) is 20.2. The van der Waals surface area contributed by atoms with E-state index in [4.69, 9.17) is 0 Å². The molecule has 5 nitrogen and oxygen atoms in total. The van der Waals surface area contributed by atoms with Crippen molar-refractivity contribution in [2.24, 2.45) is 0 Å². The number of halogens is 3. The zero-order valence-electron chi connectivity index (χ0n) is 19.4.